The van der Waals surface area contributed by atoms with Crippen LogP contribution in [0.5, 0.6) is 0 Å². The lowest BCUT2D eigenvalue weighted by Gasteiger charge is -2.27. The molecule has 17 heavy (non-hydrogen) atoms. The van der Waals surface area contributed by atoms with Gasteiger partial charge in [-0.1, -0.05) is 6.58 Å². The van der Waals surface area contributed by atoms with Gasteiger partial charge in [0.1, 0.15) is 0 Å². The molecule has 5 N–H and O–H groups in total. The quantitative estimate of drug-likeness (QED) is 0.193. The van der Waals surface area contributed by atoms with Crippen molar-refractivity contribution in [1.29, 1.82) is 0 Å². The molecule has 7 nitrogen and oxygen atoms in total. The average molecular weight is 250 g/mol. The maximum atomic E-state index is 11.1. The van der Waals surface area contributed by atoms with E-state index in [1.54, 1.807) is 0 Å². The number of aliphatic hydroxyl groups excluding tert-OH is 4. The maximum Gasteiger partial charge on any atom is 0.337 e. The number of hydrogen-bond donors (Lipinski definition) is 5. The number of esters is 1. The maximum absolute atomic E-state index is 11.1. The highest BCUT2D eigenvalue weighted by Gasteiger charge is 2.28. The van der Waals surface area contributed by atoms with E-state index >= 15 is 0 Å². The Morgan fingerprint density at radius 1 is 1.18 bits per heavy atom. The molecule has 0 aliphatic rings. The van der Waals surface area contributed by atoms with E-state index in [-0.39, 0.29) is 18.4 Å². The van der Waals surface area contributed by atoms with Gasteiger partial charge in [-0.25, -0.2) is 4.79 Å². The van der Waals surface area contributed by atoms with Crippen molar-refractivity contribution in [2.45, 2.75) is 19.3 Å². The fourth-order valence-electron chi connectivity index (χ4n) is 1.08. The standard InChI is InChI=1S/C10H18O7/c1-7(8(14)17-9(15)16)2-3-10(4-11,5-12)6-13/h9,11-13,15-16H,1-6H2. The van der Waals surface area contributed by atoms with Crippen LogP contribution in [0.2, 0.25) is 0 Å². The Morgan fingerprint density at radius 3 is 2.00 bits per heavy atom. The zero-order valence-electron chi connectivity index (χ0n) is 9.37. The van der Waals surface area contributed by atoms with Gasteiger partial charge < -0.3 is 30.3 Å². The largest absolute Gasteiger partial charge is 0.407 e. The number of rotatable bonds is 8. The molecule has 7 heteroatoms. The van der Waals surface area contributed by atoms with Crippen molar-refractivity contribution in [3.63, 3.8) is 0 Å². The average Bonchev–Trinajstić information content (AvgIpc) is 2.30. The van der Waals surface area contributed by atoms with Crippen LogP contribution in [0.15, 0.2) is 12.2 Å². The lowest BCUT2D eigenvalue weighted by molar-refractivity contribution is -0.226. The minimum Gasteiger partial charge on any atom is -0.407 e. The Morgan fingerprint density at radius 2 is 1.65 bits per heavy atom. The first-order chi connectivity index (χ1) is 7.90. The molecule has 0 aliphatic carbocycles. The molecule has 0 atom stereocenters. The van der Waals surface area contributed by atoms with Gasteiger partial charge in [0.05, 0.1) is 19.8 Å². The Bertz CT molecular complexity index is 249. The molecule has 0 rings (SSSR count). The second kappa shape index (κ2) is 7.36. The van der Waals surface area contributed by atoms with Crippen molar-refractivity contribution in [2.75, 3.05) is 19.8 Å². The number of ether oxygens (including phenoxy) is 1. The van der Waals surface area contributed by atoms with Gasteiger partial charge in [-0.3, -0.25) is 0 Å². The van der Waals surface area contributed by atoms with E-state index in [0.29, 0.717) is 0 Å². The van der Waals surface area contributed by atoms with Gasteiger partial charge in [0.15, 0.2) is 0 Å². The number of carbonyl (C=O) groups excluding carboxylic acids is 1. The highest BCUT2D eigenvalue weighted by atomic mass is 16.7. The third-order valence-electron chi connectivity index (χ3n) is 2.46. The van der Waals surface area contributed by atoms with Crippen molar-refractivity contribution in [2.24, 2.45) is 5.41 Å². The van der Waals surface area contributed by atoms with E-state index in [1.807, 2.05) is 0 Å². The van der Waals surface area contributed by atoms with Gasteiger partial charge in [-0.2, -0.15) is 0 Å². The topological polar surface area (TPSA) is 127 Å². The molecule has 0 radical (unpaired) electrons. The van der Waals surface area contributed by atoms with E-state index in [2.05, 4.69) is 11.3 Å². The summed E-state index contributed by atoms with van der Waals surface area (Å²) < 4.78 is 4.06. The number of hydrogen-bond acceptors (Lipinski definition) is 7. The molecule has 0 spiro atoms. The Labute approximate surface area is 98.6 Å². The van der Waals surface area contributed by atoms with Gasteiger partial charge in [-0.05, 0) is 12.8 Å². The third kappa shape index (κ3) is 5.24. The Kier molecular flexibility index (Phi) is 6.93. The molecule has 0 aromatic rings. The van der Waals surface area contributed by atoms with Gasteiger partial charge in [0.2, 0.25) is 0 Å². The summed E-state index contributed by atoms with van der Waals surface area (Å²) in [6.45, 7) is -0.157. The third-order valence-corrected chi connectivity index (χ3v) is 2.46. The molecule has 0 aliphatic heterocycles. The van der Waals surface area contributed by atoms with Crippen LogP contribution in [-0.4, -0.2) is 57.8 Å². The molecule has 0 bridgehead atoms. The van der Waals surface area contributed by atoms with Crippen molar-refractivity contribution >= 4 is 5.97 Å². The molecule has 0 aromatic carbocycles. The van der Waals surface area contributed by atoms with E-state index in [1.165, 1.54) is 0 Å². The molecular weight excluding hydrogens is 232 g/mol. The fourth-order valence-corrected chi connectivity index (χ4v) is 1.08. The summed E-state index contributed by atoms with van der Waals surface area (Å²) in [6.07, 6.45) is 0.166. The molecular formula is C10H18O7. The smallest absolute Gasteiger partial charge is 0.337 e. The summed E-state index contributed by atoms with van der Waals surface area (Å²) >= 11 is 0. The van der Waals surface area contributed by atoms with Gasteiger partial charge in [0, 0.05) is 11.0 Å². The van der Waals surface area contributed by atoms with Crippen LogP contribution in [0.3, 0.4) is 0 Å². The predicted molar refractivity (Wildman–Crippen MR) is 56.4 cm³/mol. The van der Waals surface area contributed by atoms with Crippen LogP contribution in [0.4, 0.5) is 0 Å². The molecule has 0 saturated carbocycles. The van der Waals surface area contributed by atoms with Crippen molar-refractivity contribution in [3.8, 4) is 0 Å². The normalized spacial score (nSPS) is 11.6. The Balaban J connectivity index is 4.26. The van der Waals surface area contributed by atoms with Crippen LogP contribution < -0.4 is 0 Å². The summed E-state index contributed by atoms with van der Waals surface area (Å²) in [4.78, 5) is 11.1. The van der Waals surface area contributed by atoms with Crippen LogP contribution in [0.25, 0.3) is 0 Å². The van der Waals surface area contributed by atoms with E-state index in [4.69, 9.17) is 25.5 Å². The van der Waals surface area contributed by atoms with Crippen molar-refractivity contribution in [1.82, 2.24) is 0 Å². The first-order valence-corrected chi connectivity index (χ1v) is 4.98. The molecule has 0 amide bonds. The van der Waals surface area contributed by atoms with Gasteiger partial charge in [0.25, 0.3) is 0 Å². The number of aliphatic hydroxyl groups is 5. The molecule has 0 fully saturated rings. The van der Waals surface area contributed by atoms with Gasteiger partial charge >= 0.3 is 12.4 Å². The van der Waals surface area contributed by atoms with Crippen molar-refractivity contribution < 1.29 is 35.1 Å². The Hall–Kier alpha value is -0.990. The van der Waals surface area contributed by atoms with Crippen LogP contribution in [0, 0.1) is 5.41 Å². The van der Waals surface area contributed by atoms with E-state index < -0.39 is 37.7 Å². The molecule has 0 saturated heterocycles. The lowest BCUT2D eigenvalue weighted by atomic mass is 9.84. The SMILES string of the molecule is C=C(CCC(CO)(CO)CO)C(=O)OC(O)O. The molecule has 0 aromatic heterocycles. The lowest BCUT2D eigenvalue weighted by Crippen LogP contribution is -2.34. The summed E-state index contributed by atoms with van der Waals surface area (Å²) in [5, 5.41) is 43.9. The van der Waals surface area contributed by atoms with Crippen LogP contribution in [0.1, 0.15) is 12.8 Å². The highest BCUT2D eigenvalue weighted by molar-refractivity contribution is 5.87. The molecule has 0 unspecified atom stereocenters. The second-order valence-corrected chi connectivity index (χ2v) is 3.81. The zero-order valence-corrected chi connectivity index (χ0v) is 9.37. The summed E-state index contributed by atoms with van der Waals surface area (Å²) in [5.74, 6) is -0.984. The summed E-state index contributed by atoms with van der Waals surface area (Å²) in [5.41, 5.74) is -1.14. The summed E-state index contributed by atoms with van der Waals surface area (Å²) in [7, 11) is 0. The fraction of sp³-hybridized carbons (Fsp3) is 0.700. The minimum absolute atomic E-state index is 0.0437. The predicted octanol–water partition coefficient (Wildman–Crippen LogP) is -1.90. The van der Waals surface area contributed by atoms with E-state index in [0.717, 1.165) is 0 Å². The summed E-state index contributed by atoms with van der Waals surface area (Å²) in [6, 6.07) is 0. The van der Waals surface area contributed by atoms with Crippen LogP contribution >= 0.6 is 0 Å². The van der Waals surface area contributed by atoms with Crippen molar-refractivity contribution in [3.05, 3.63) is 12.2 Å². The first-order valence-electron chi connectivity index (χ1n) is 4.98. The molecule has 0 heterocycles. The first kappa shape index (κ1) is 16.0. The number of carbonyl (C=O) groups is 1. The van der Waals surface area contributed by atoms with E-state index in [9.17, 15) is 4.79 Å². The highest BCUT2D eigenvalue weighted by Crippen LogP contribution is 2.24. The second-order valence-electron chi connectivity index (χ2n) is 3.81. The minimum atomic E-state index is -2.21. The zero-order chi connectivity index (χ0) is 13.5. The van der Waals surface area contributed by atoms with Crippen LogP contribution in [-0.2, 0) is 9.53 Å². The molecule has 100 valence electrons. The monoisotopic (exact) mass is 250 g/mol. The van der Waals surface area contributed by atoms with Gasteiger partial charge in [-0.15, -0.1) is 0 Å².